The molecule has 0 aliphatic carbocycles. The molecular weight excluding hydrogens is 422 g/mol. The van der Waals surface area contributed by atoms with Gasteiger partial charge in [-0.15, -0.1) is 0 Å². The van der Waals surface area contributed by atoms with Gasteiger partial charge in [0.1, 0.15) is 5.76 Å². The van der Waals surface area contributed by atoms with E-state index >= 15 is 0 Å². The predicted octanol–water partition coefficient (Wildman–Crippen LogP) is 3.37. The molecule has 0 unspecified atom stereocenters. The van der Waals surface area contributed by atoms with Gasteiger partial charge in [0.15, 0.2) is 11.5 Å². The molecule has 1 aliphatic heterocycles. The van der Waals surface area contributed by atoms with Crippen LogP contribution in [0.4, 0.5) is 5.82 Å². The summed E-state index contributed by atoms with van der Waals surface area (Å²) in [6, 6.07) is 8.80. The van der Waals surface area contributed by atoms with Gasteiger partial charge in [-0.05, 0) is 32.3 Å². The largest absolute Gasteiger partial charge is 0.360 e. The highest BCUT2D eigenvalue weighted by atomic mass is 16.5. The van der Waals surface area contributed by atoms with Crippen LogP contribution in [-0.2, 0) is 11.3 Å². The van der Waals surface area contributed by atoms with E-state index in [1.807, 2.05) is 6.07 Å². The van der Waals surface area contributed by atoms with Gasteiger partial charge in [-0.25, -0.2) is 4.68 Å². The summed E-state index contributed by atoms with van der Waals surface area (Å²) in [7, 11) is 0. The number of nitrogens with one attached hydrogen (secondary N) is 1. The number of rotatable bonds is 7. The van der Waals surface area contributed by atoms with E-state index in [1.165, 1.54) is 4.68 Å². The summed E-state index contributed by atoms with van der Waals surface area (Å²) in [4.78, 5) is 40.5. The van der Waals surface area contributed by atoms with Crippen molar-refractivity contribution >= 4 is 28.4 Å². The third kappa shape index (κ3) is 4.97. The molecule has 2 amide bonds. The van der Waals surface area contributed by atoms with Gasteiger partial charge in [0.2, 0.25) is 5.91 Å². The quantitative estimate of drug-likeness (QED) is 0.552. The van der Waals surface area contributed by atoms with Crippen molar-refractivity contribution in [3.63, 3.8) is 0 Å². The van der Waals surface area contributed by atoms with E-state index < -0.39 is 0 Å². The van der Waals surface area contributed by atoms with Crippen molar-refractivity contribution in [2.24, 2.45) is 5.92 Å². The summed E-state index contributed by atoms with van der Waals surface area (Å²) in [5.74, 6) is 0.488. The molecule has 0 atom stereocenters. The number of hydrogen-bond donors (Lipinski definition) is 1. The number of carbonyl (C=O) groups excluding carboxylic acids is 2. The van der Waals surface area contributed by atoms with E-state index in [0.717, 1.165) is 19.3 Å². The minimum absolute atomic E-state index is 0.122. The third-order valence-corrected chi connectivity index (χ3v) is 6.08. The molecule has 1 N–H and O–H groups in total. The summed E-state index contributed by atoms with van der Waals surface area (Å²) in [6.45, 7) is 5.24. The van der Waals surface area contributed by atoms with E-state index in [1.54, 1.807) is 36.1 Å². The van der Waals surface area contributed by atoms with E-state index in [2.05, 4.69) is 22.5 Å². The maximum atomic E-state index is 13.4. The first-order valence-corrected chi connectivity index (χ1v) is 11.5. The fraction of sp³-hybridized carbons (Fsp3) is 0.458. The molecule has 1 saturated heterocycles. The van der Waals surface area contributed by atoms with Crippen molar-refractivity contribution in [2.75, 3.05) is 18.4 Å². The molecule has 2 aromatic heterocycles. The topological polar surface area (TPSA) is 110 Å². The smallest absolute Gasteiger partial charge is 0.274 e. The zero-order valence-electron chi connectivity index (χ0n) is 19.0. The van der Waals surface area contributed by atoms with Crippen molar-refractivity contribution in [3.05, 3.63) is 52.1 Å². The van der Waals surface area contributed by atoms with Gasteiger partial charge in [-0.2, -0.15) is 5.10 Å². The molecule has 33 heavy (non-hydrogen) atoms. The van der Waals surface area contributed by atoms with Crippen LogP contribution in [0.25, 0.3) is 10.8 Å². The van der Waals surface area contributed by atoms with Gasteiger partial charge in [0.05, 0.1) is 5.39 Å². The van der Waals surface area contributed by atoms with Gasteiger partial charge in [0, 0.05) is 37.0 Å². The van der Waals surface area contributed by atoms with Crippen LogP contribution in [0.5, 0.6) is 0 Å². The monoisotopic (exact) mass is 451 g/mol. The fourth-order valence-corrected chi connectivity index (χ4v) is 4.20. The average Bonchev–Trinajstić information content (AvgIpc) is 3.24. The van der Waals surface area contributed by atoms with Gasteiger partial charge >= 0.3 is 0 Å². The molecule has 3 heterocycles. The van der Waals surface area contributed by atoms with Crippen molar-refractivity contribution in [1.29, 1.82) is 0 Å². The SMILES string of the molecule is CCCCCn1nc(C(=O)N2CCC(C(=O)Nc3cc(C)on3)CC2)c2ccccc2c1=O. The van der Waals surface area contributed by atoms with Crippen LogP contribution in [0.1, 0.15) is 55.3 Å². The van der Waals surface area contributed by atoms with Crippen molar-refractivity contribution in [1.82, 2.24) is 19.8 Å². The Morgan fingerprint density at radius 1 is 1.15 bits per heavy atom. The second-order valence-electron chi connectivity index (χ2n) is 8.51. The van der Waals surface area contributed by atoms with Crippen molar-refractivity contribution in [3.8, 4) is 0 Å². The van der Waals surface area contributed by atoms with Gasteiger partial charge in [0.25, 0.3) is 11.5 Å². The highest BCUT2D eigenvalue weighted by Crippen LogP contribution is 2.23. The molecule has 1 aliphatic rings. The summed E-state index contributed by atoms with van der Waals surface area (Å²) >= 11 is 0. The number of carbonyl (C=O) groups is 2. The lowest BCUT2D eigenvalue weighted by molar-refractivity contribution is -0.121. The first-order chi connectivity index (χ1) is 16.0. The Balaban J connectivity index is 1.49. The van der Waals surface area contributed by atoms with Gasteiger partial charge in [-0.3, -0.25) is 14.4 Å². The standard InChI is InChI=1S/C24H29N5O4/c1-3-4-7-12-29-23(31)19-9-6-5-8-18(19)21(26-29)24(32)28-13-10-17(11-14-28)22(30)25-20-15-16(2)33-27-20/h5-6,8-9,15,17H,3-4,7,10-14H2,1-2H3,(H,25,27,30). The summed E-state index contributed by atoms with van der Waals surface area (Å²) in [6.07, 6.45) is 3.95. The minimum Gasteiger partial charge on any atom is -0.360 e. The lowest BCUT2D eigenvalue weighted by Crippen LogP contribution is -2.42. The number of fused-ring (bicyclic) bond motifs is 1. The number of aromatic nitrogens is 3. The van der Waals surface area contributed by atoms with Gasteiger partial charge < -0.3 is 14.7 Å². The molecule has 9 heteroatoms. The highest BCUT2D eigenvalue weighted by molar-refractivity contribution is 6.05. The molecule has 0 spiro atoms. The molecule has 9 nitrogen and oxygen atoms in total. The van der Waals surface area contributed by atoms with Crippen LogP contribution in [0, 0.1) is 12.8 Å². The summed E-state index contributed by atoms with van der Waals surface area (Å²) < 4.78 is 6.41. The first-order valence-electron chi connectivity index (χ1n) is 11.5. The van der Waals surface area contributed by atoms with E-state index in [9.17, 15) is 14.4 Å². The third-order valence-electron chi connectivity index (χ3n) is 6.08. The molecule has 1 aromatic carbocycles. The number of hydrogen-bond acceptors (Lipinski definition) is 6. The van der Waals surface area contributed by atoms with Crippen LogP contribution in [0.15, 0.2) is 39.6 Å². The number of nitrogens with zero attached hydrogens (tertiary/aromatic N) is 4. The normalized spacial score (nSPS) is 14.5. The van der Waals surface area contributed by atoms with Crippen LogP contribution < -0.4 is 10.9 Å². The second-order valence-corrected chi connectivity index (χ2v) is 8.51. The molecule has 0 saturated carbocycles. The van der Waals surface area contributed by atoms with Crippen molar-refractivity contribution < 1.29 is 14.1 Å². The zero-order chi connectivity index (χ0) is 23.4. The first kappa shape index (κ1) is 22.7. The molecule has 4 rings (SSSR count). The lowest BCUT2D eigenvalue weighted by Gasteiger charge is -2.31. The van der Waals surface area contributed by atoms with Crippen LogP contribution in [0.2, 0.25) is 0 Å². The Hall–Kier alpha value is -3.49. The summed E-state index contributed by atoms with van der Waals surface area (Å²) in [5.41, 5.74) is 0.124. The summed E-state index contributed by atoms with van der Waals surface area (Å²) in [5, 5.41) is 12.1. The highest BCUT2D eigenvalue weighted by Gasteiger charge is 2.30. The number of aryl methyl sites for hydroxylation is 2. The van der Waals surface area contributed by atoms with E-state index in [0.29, 0.717) is 60.5 Å². The number of benzene rings is 1. The van der Waals surface area contributed by atoms with E-state index in [4.69, 9.17) is 4.52 Å². The predicted molar refractivity (Wildman–Crippen MR) is 124 cm³/mol. The number of likely N-dealkylation sites (tertiary alicyclic amines) is 1. The Morgan fingerprint density at radius 2 is 1.88 bits per heavy atom. The molecular formula is C24H29N5O4. The number of unbranched alkanes of at least 4 members (excludes halogenated alkanes) is 2. The van der Waals surface area contributed by atoms with E-state index in [-0.39, 0.29) is 23.3 Å². The molecule has 0 radical (unpaired) electrons. The van der Waals surface area contributed by atoms with Crippen LogP contribution in [0.3, 0.4) is 0 Å². The lowest BCUT2D eigenvalue weighted by atomic mass is 9.95. The van der Waals surface area contributed by atoms with Crippen molar-refractivity contribution in [2.45, 2.75) is 52.5 Å². The zero-order valence-corrected chi connectivity index (χ0v) is 19.0. The molecule has 0 bridgehead atoms. The number of amides is 2. The number of piperidine rings is 1. The molecule has 174 valence electrons. The second kappa shape index (κ2) is 9.97. The molecule has 3 aromatic rings. The number of anilines is 1. The maximum absolute atomic E-state index is 13.4. The van der Waals surface area contributed by atoms with Gasteiger partial charge in [-0.1, -0.05) is 43.1 Å². The van der Waals surface area contributed by atoms with Crippen LogP contribution >= 0.6 is 0 Å². The Labute approximate surface area is 191 Å². The molecule has 1 fully saturated rings. The average molecular weight is 452 g/mol. The minimum atomic E-state index is -0.209. The fourth-order valence-electron chi connectivity index (χ4n) is 4.20. The Bertz CT molecular complexity index is 1210. The maximum Gasteiger partial charge on any atom is 0.274 e. The Morgan fingerprint density at radius 3 is 2.55 bits per heavy atom. The van der Waals surface area contributed by atoms with Crippen LogP contribution in [-0.4, -0.2) is 44.7 Å². The Kier molecular flexibility index (Phi) is 6.86.